The van der Waals surface area contributed by atoms with Crippen LogP contribution in [0.5, 0.6) is 0 Å². The first-order valence-corrected chi connectivity index (χ1v) is 6.86. The zero-order valence-electron chi connectivity index (χ0n) is 12.2. The highest BCUT2D eigenvalue weighted by Crippen LogP contribution is 2.17. The summed E-state index contributed by atoms with van der Waals surface area (Å²) in [7, 11) is 0. The van der Waals surface area contributed by atoms with E-state index in [9.17, 15) is 9.18 Å². The third-order valence-electron chi connectivity index (χ3n) is 3.50. The van der Waals surface area contributed by atoms with Crippen molar-refractivity contribution >= 4 is 5.52 Å². The summed E-state index contributed by atoms with van der Waals surface area (Å²) in [6.07, 6.45) is 1.77. The van der Waals surface area contributed by atoms with E-state index in [0.717, 1.165) is 5.56 Å². The van der Waals surface area contributed by atoms with Crippen LogP contribution in [0.25, 0.3) is 11.2 Å². The van der Waals surface area contributed by atoms with Crippen molar-refractivity contribution in [2.75, 3.05) is 0 Å². The van der Waals surface area contributed by atoms with Crippen molar-refractivity contribution in [3.05, 3.63) is 64.1 Å². The van der Waals surface area contributed by atoms with Crippen LogP contribution in [-0.4, -0.2) is 14.2 Å². The van der Waals surface area contributed by atoms with Crippen molar-refractivity contribution in [3.8, 4) is 5.69 Å². The topological polar surface area (TPSA) is 39.3 Å². The highest BCUT2D eigenvalue weighted by molar-refractivity contribution is 5.54. The third-order valence-corrected chi connectivity index (χ3v) is 3.50. The molecule has 0 fully saturated rings. The second kappa shape index (κ2) is 4.84. The van der Waals surface area contributed by atoms with Gasteiger partial charge in [-0.25, -0.2) is 8.91 Å². The molecule has 0 radical (unpaired) electrons. The van der Waals surface area contributed by atoms with Crippen LogP contribution in [0.3, 0.4) is 0 Å². The standard InChI is InChI=1S/C16H16FN3O/c1-10(2)15-18-19-8-7-11(3)14(19)16(21)20(15)13-6-4-5-12(17)9-13/h4-10H,1-3H3. The lowest BCUT2D eigenvalue weighted by Crippen LogP contribution is -2.27. The number of benzene rings is 1. The Balaban J connectivity index is 2.44. The van der Waals surface area contributed by atoms with Crippen LogP contribution >= 0.6 is 0 Å². The van der Waals surface area contributed by atoms with Crippen LogP contribution in [0.15, 0.2) is 41.3 Å². The van der Waals surface area contributed by atoms with Crippen molar-refractivity contribution in [2.45, 2.75) is 26.7 Å². The molecule has 0 saturated heterocycles. The monoisotopic (exact) mass is 285 g/mol. The van der Waals surface area contributed by atoms with E-state index in [1.54, 1.807) is 22.8 Å². The minimum Gasteiger partial charge on any atom is -0.266 e. The molecule has 0 aliphatic carbocycles. The van der Waals surface area contributed by atoms with Crippen molar-refractivity contribution in [2.24, 2.45) is 0 Å². The summed E-state index contributed by atoms with van der Waals surface area (Å²) in [5.41, 5.74) is 1.69. The number of hydrogen-bond donors (Lipinski definition) is 0. The molecule has 21 heavy (non-hydrogen) atoms. The Labute approximate surface area is 121 Å². The first kappa shape index (κ1) is 13.5. The molecule has 0 bridgehead atoms. The zero-order valence-corrected chi connectivity index (χ0v) is 12.2. The zero-order chi connectivity index (χ0) is 15.1. The van der Waals surface area contributed by atoms with Gasteiger partial charge in [-0.05, 0) is 36.8 Å². The largest absolute Gasteiger partial charge is 0.282 e. The molecule has 2 aromatic heterocycles. The Morgan fingerprint density at radius 2 is 2.00 bits per heavy atom. The SMILES string of the molecule is Cc1ccn2nc(C(C)C)n(-c3cccc(F)c3)c(=O)c12. The van der Waals surface area contributed by atoms with Crippen molar-refractivity contribution < 1.29 is 4.39 Å². The number of nitrogens with zero attached hydrogens (tertiary/aromatic N) is 3. The highest BCUT2D eigenvalue weighted by atomic mass is 19.1. The van der Waals surface area contributed by atoms with Crippen molar-refractivity contribution in [1.29, 1.82) is 0 Å². The molecular weight excluding hydrogens is 269 g/mol. The molecule has 108 valence electrons. The average molecular weight is 285 g/mol. The van der Waals surface area contributed by atoms with Gasteiger partial charge in [-0.15, -0.1) is 0 Å². The lowest BCUT2D eigenvalue weighted by molar-refractivity contribution is 0.621. The fourth-order valence-electron chi connectivity index (χ4n) is 2.47. The second-order valence-electron chi connectivity index (χ2n) is 5.43. The number of aromatic nitrogens is 3. The van der Waals surface area contributed by atoms with Gasteiger partial charge in [0, 0.05) is 12.1 Å². The number of rotatable bonds is 2. The molecule has 3 rings (SSSR count). The molecule has 0 saturated carbocycles. The van der Waals surface area contributed by atoms with Gasteiger partial charge in [-0.2, -0.15) is 5.10 Å². The molecule has 5 heteroatoms. The van der Waals surface area contributed by atoms with Gasteiger partial charge in [0.1, 0.15) is 17.2 Å². The van der Waals surface area contributed by atoms with Gasteiger partial charge in [0.25, 0.3) is 5.56 Å². The molecule has 0 N–H and O–H groups in total. The van der Waals surface area contributed by atoms with Crippen LogP contribution < -0.4 is 5.56 Å². The van der Waals surface area contributed by atoms with E-state index >= 15 is 0 Å². The summed E-state index contributed by atoms with van der Waals surface area (Å²) < 4.78 is 16.6. The summed E-state index contributed by atoms with van der Waals surface area (Å²) in [4.78, 5) is 12.8. The molecule has 0 aliphatic rings. The second-order valence-corrected chi connectivity index (χ2v) is 5.43. The predicted molar refractivity (Wildman–Crippen MR) is 79.6 cm³/mol. The van der Waals surface area contributed by atoms with E-state index in [0.29, 0.717) is 17.0 Å². The first-order chi connectivity index (χ1) is 9.99. The number of hydrogen-bond acceptors (Lipinski definition) is 2. The predicted octanol–water partition coefficient (Wildman–Crippen LogP) is 3.06. The molecule has 2 heterocycles. The van der Waals surface area contributed by atoms with Gasteiger partial charge < -0.3 is 0 Å². The quantitative estimate of drug-likeness (QED) is 0.726. The minimum atomic E-state index is -0.374. The Bertz CT molecular complexity index is 877. The maximum atomic E-state index is 13.5. The fraction of sp³-hybridized carbons (Fsp3) is 0.250. The maximum absolute atomic E-state index is 13.5. The van der Waals surface area contributed by atoms with Crippen LogP contribution in [0.4, 0.5) is 4.39 Å². The third kappa shape index (κ3) is 2.14. The van der Waals surface area contributed by atoms with Crippen LogP contribution in [0.1, 0.15) is 31.2 Å². The summed E-state index contributed by atoms with van der Waals surface area (Å²) in [6.45, 7) is 5.78. The summed E-state index contributed by atoms with van der Waals surface area (Å²) in [5.74, 6) is 0.267. The normalized spacial score (nSPS) is 11.5. The van der Waals surface area contributed by atoms with E-state index < -0.39 is 0 Å². The highest BCUT2D eigenvalue weighted by Gasteiger charge is 2.17. The lowest BCUT2D eigenvalue weighted by atomic mass is 10.2. The molecule has 0 unspecified atom stereocenters. The molecule has 3 aromatic rings. The molecule has 0 amide bonds. The van der Waals surface area contributed by atoms with E-state index in [1.807, 2.05) is 26.8 Å². The van der Waals surface area contributed by atoms with Gasteiger partial charge in [0.15, 0.2) is 0 Å². The molecule has 0 spiro atoms. The summed E-state index contributed by atoms with van der Waals surface area (Å²) in [6, 6.07) is 7.87. The van der Waals surface area contributed by atoms with Crippen molar-refractivity contribution in [1.82, 2.24) is 14.2 Å². The number of aryl methyl sites for hydroxylation is 1. The van der Waals surface area contributed by atoms with E-state index in [-0.39, 0.29) is 17.3 Å². The van der Waals surface area contributed by atoms with Gasteiger partial charge in [-0.1, -0.05) is 19.9 Å². The lowest BCUT2D eigenvalue weighted by Gasteiger charge is -2.15. The average Bonchev–Trinajstić information content (AvgIpc) is 2.80. The molecular formula is C16H16FN3O. The molecule has 0 atom stereocenters. The van der Waals surface area contributed by atoms with E-state index in [2.05, 4.69) is 5.10 Å². The molecule has 4 nitrogen and oxygen atoms in total. The van der Waals surface area contributed by atoms with Gasteiger partial charge in [0.2, 0.25) is 0 Å². The number of fused-ring (bicyclic) bond motifs is 1. The van der Waals surface area contributed by atoms with Crippen LogP contribution in [-0.2, 0) is 0 Å². The Morgan fingerprint density at radius 3 is 2.67 bits per heavy atom. The Morgan fingerprint density at radius 1 is 1.24 bits per heavy atom. The fourth-order valence-corrected chi connectivity index (χ4v) is 2.47. The van der Waals surface area contributed by atoms with Crippen LogP contribution in [0.2, 0.25) is 0 Å². The molecule has 0 aliphatic heterocycles. The van der Waals surface area contributed by atoms with Gasteiger partial charge in [-0.3, -0.25) is 9.36 Å². The van der Waals surface area contributed by atoms with Crippen LogP contribution in [0, 0.1) is 12.7 Å². The van der Waals surface area contributed by atoms with Gasteiger partial charge >= 0.3 is 0 Å². The smallest absolute Gasteiger partial charge is 0.266 e. The minimum absolute atomic E-state index is 0.0353. The Kier molecular flexibility index (Phi) is 3.12. The van der Waals surface area contributed by atoms with Gasteiger partial charge in [0.05, 0.1) is 5.69 Å². The van der Waals surface area contributed by atoms with E-state index in [4.69, 9.17) is 0 Å². The van der Waals surface area contributed by atoms with Crippen molar-refractivity contribution in [3.63, 3.8) is 0 Å². The summed E-state index contributed by atoms with van der Waals surface area (Å²) >= 11 is 0. The number of halogens is 1. The molecule has 1 aromatic carbocycles. The maximum Gasteiger partial charge on any atom is 0.282 e. The summed E-state index contributed by atoms with van der Waals surface area (Å²) in [5, 5.41) is 4.52. The first-order valence-electron chi connectivity index (χ1n) is 6.86. The Hall–Kier alpha value is -2.43. The van der Waals surface area contributed by atoms with E-state index in [1.165, 1.54) is 16.7 Å².